The average Bonchev–Trinajstić information content (AvgIpc) is 2.62. The van der Waals surface area contributed by atoms with Crippen LogP contribution >= 0.6 is 0 Å². The van der Waals surface area contributed by atoms with Crippen molar-refractivity contribution < 1.29 is 9.59 Å². The number of carbonyl (C=O) groups is 2. The first-order chi connectivity index (χ1) is 11.7. The summed E-state index contributed by atoms with van der Waals surface area (Å²) in [5.74, 6) is -0.183. The third-order valence-electron chi connectivity index (χ3n) is 4.44. The van der Waals surface area contributed by atoms with Gasteiger partial charge < -0.3 is 10.6 Å². The molecule has 3 rings (SSSR count). The number of anilines is 2. The monoisotopic (exact) mass is 322 g/mol. The van der Waals surface area contributed by atoms with Gasteiger partial charge >= 0.3 is 0 Å². The molecule has 0 unspecified atom stereocenters. The Morgan fingerprint density at radius 1 is 0.833 bits per heavy atom. The Kier molecular flexibility index (Phi) is 4.65. The van der Waals surface area contributed by atoms with Gasteiger partial charge in [-0.15, -0.1) is 0 Å². The van der Waals surface area contributed by atoms with E-state index in [1.54, 1.807) is 31.3 Å². The molecule has 1 aliphatic carbocycles. The van der Waals surface area contributed by atoms with Crippen molar-refractivity contribution in [2.24, 2.45) is 0 Å². The first-order valence-electron chi connectivity index (χ1n) is 8.46. The highest BCUT2D eigenvalue weighted by molar-refractivity contribution is 6.31. The van der Waals surface area contributed by atoms with Gasteiger partial charge in [0.05, 0.1) is 11.1 Å². The summed E-state index contributed by atoms with van der Waals surface area (Å²) in [4.78, 5) is 26.0. The fourth-order valence-electron chi connectivity index (χ4n) is 3.18. The van der Waals surface area contributed by atoms with E-state index in [-0.39, 0.29) is 11.6 Å². The van der Waals surface area contributed by atoms with Gasteiger partial charge in [0.25, 0.3) is 0 Å². The van der Waals surface area contributed by atoms with Crippen LogP contribution in [0.15, 0.2) is 36.4 Å². The summed E-state index contributed by atoms with van der Waals surface area (Å²) in [6, 6.07) is 10.8. The third-order valence-corrected chi connectivity index (χ3v) is 4.44. The fraction of sp³-hybridized carbons (Fsp3) is 0.300. The minimum absolute atomic E-state index is 0.0877. The maximum absolute atomic E-state index is 13.0. The lowest BCUT2D eigenvalue weighted by Crippen LogP contribution is -2.24. The van der Waals surface area contributed by atoms with Crippen molar-refractivity contribution in [1.29, 1.82) is 0 Å². The molecule has 0 aromatic heterocycles. The molecule has 0 saturated heterocycles. The maximum atomic E-state index is 13.0. The van der Waals surface area contributed by atoms with Crippen molar-refractivity contribution >= 4 is 22.9 Å². The molecule has 4 heteroatoms. The first kappa shape index (κ1) is 16.2. The number of ketones is 2. The van der Waals surface area contributed by atoms with E-state index >= 15 is 0 Å². The second kappa shape index (κ2) is 6.87. The molecule has 2 aromatic rings. The molecule has 2 aromatic carbocycles. The van der Waals surface area contributed by atoms with Gasteiger partial charge in [0, 0.05) is 36.1 Å². The molecule has 0 bridgehead atoms. The molecule has 4 nitrogen and oxygen atoms in total. The van der Waals surface area contributed by atoms with Crippen molar-refractivity contribution in [2.45, 2.75) is 26.2 Å². The molecule has 0 heterocycles. The summed E-state index contributed by atoms with van der Waals surface area (Å²) in [6.45, 7) is 2.95. The van der Waals surface area contributed by atoms with Crippen molar-refractivity contribution in [2.75, 3.05) is 24.2 Å². The van der Waals surface area contributed by atoms with E-state index < -0.39 is 0 Å². The highest BCUT2D eigenvalue weighted by Crippen LogP contribution is 2.36. The summed E-state index contributed by atoms with van der Waals surface area (Å²) in [6.07, 6.45) is 3.32. The van der Waals surface area contributed by atoms with Gasteiger partial charge in [0.2, 0.25) is 0 Å². The van der Waals surface area contributed by atoms with Crippen LogP contribution in [0.2, 0.25) is 0 Å². The molecular weight excluding hydrogens is 300 g/mol. The molecule has 0 atom stereocenters. The average molecular weight is 322 g/mol. The number of unbranched alkanes of at least 4 members (excludes halogenated alkanes) is 2. The molecule has 124 valence electrons. The van der Waals surface area contributed by atoms with Gasteiger partial charge in [-0.25, -0.2) is 0 Å². The van der Waals surface area contributed by atoms with E-state index in [9.17, 15) is 9.59 Å². The van der Waals surface area contributed by atoms with Crippen LogP contribution < -0.4 is 10.6 Å². The van der Waals surface area contributed by atoms with E-state index in [1.165, 1.54) is 0 Å². The van der Waals surface area contributed by atoms with Crippen LogP contribution in [0.5, 0.6) is 0 Å². The summed E-state index contributed by atoms with van der Waals surface area (Å²) in [5.41, 5.74) is 3.36. The van der Waals surface area contributed by atoms with Gasteiger partial charge in [-0.2, -0.15) is 0 Å². The molecule has 24 heavy (non-hydrogen) atoms. The van der Waals surface area contributed by atoms with Gasteiger partial charge in [-0.05, 0) is 18.6 Å². The number of nitrogens with one attached hydrogen (secondary N) is 2. The number of hydrogen-bond acceptors (Lipinski definition) is 4. The summed E-state index contributed by atoms with van der Waals surface area (Å²) in [7, 11) is 1.77. The Morgan fingerprint density at radius 2 is 1.42 bits per heavy atom. The molecule has 0 fully saturated rings. The molecule has 0 spiro atoms. The summed E-state index contributed by atoms with van der Waals surface area (Å²) >= 11 is 0. The molecule has 0 aliphatic heterocycles. The van der Waals surface area contributed by atoms with E-state index in [1.807, 2.05) is 12.1 Å². The second-order valence-corrected chi connectivity index (χ2v) is 6.00. The fourth-order valence-corrected chi connectivity index (χ4v) is 3.18. The van der Waals surface area contributed by atoms with Crippen LogP contribution in [-0.4, -0.2) is 25.2 Å². The lowest BCUT2D eigenvalue weighted by molar-refractivity contribution is 0.0980. The van der Waals surface area contributed by atoms with Gasteiger partial charge in [0.15, 0.2) is 11.6 Å². The van der Waals surface area contributed by atoms with E-state index in [0.29, 0.717) is 27.9 Å². The SMILES string of the molecule is CCCCCNc1ccc(NC)c2c1C(=O)c1ccccc1C2=O. The Morgan fingerprint density at radius 3 is 2.00 bits per heavy atom. The molecule has 0 amide bonds. The zero-order valence-corrected chi connectivity index (χ0v) is 14.1. The topological polar surface area (TPSA) is 58.2 Å². The quantitative estimate of drug-likeness (QED) is 0.671. The molecule has 0 saturated carbocycles. The van der Waals surface area contributed by atoms with E-state index in [4.69, 9.17) is 0 Å². The Labute approximate surface area is 142 Å². The highest BCUT2D eigenvalue weighted by Gasteiger charge is 2.33. The zero-order chi connectivity index (χ0) is 17.1. The molecule has 2 N–H and O–H groups in total. The van der Waals surface area contributed by atoms with Crippen LogP contribution in [-0.2, 0) is 0 Å². The van der Waals surface area contributed by atoms with E-state index in [0.717, 1.165) is 31.5 Å². The molecule has 1 aliphatic rings. The predicted molar refractivity (Wildman–Crippen MR) is 97.3 cm³/mol. The van der Waals surface area contributed by atoms with Crippen LogP contribution in [0, 0.1) is 0 Å². The minimum atomic E-state index is -0.0956. The normalized spacial score (nSPS) is 12.6. The van der Waals surface area contributed by atoms with Crippen molar-refractivity contribution in [3.05, 3.63) is 58.7 Å². The zero-order valence-electron chi connectivity index (χ0n) is 14.1. The van der Waals surface area contributed by atoms with Crippen LogP contribution in [0.4, 0.5) is 11.4 Å². The highest BCUT2D eigenvalue weighted by atomic mass is 16.1. The number of carbonyl (C=O) groups excluding carboxylic acids is 2. The Hall–Kier alpha value is -2.62. The largest absolute Gasteiger partial charge is 0.388 e. The lowest BCUT2D eigenvalue weighted by Gasteiger charge is -2.23. The predicted octanol–water partition coefficient (Wildman–Crippen LogP) is 4.11. The van der Waals surface area contributed by atoms with Crippen molar-refractivity contribution in [3.8, 4) is 0 Å². The summed E-state index contributed by atoms with van der Waals surface area (Å²) in [5, 5.41) is 6.38. The van der Waals surface area contributed by atoms with Crippen molar-refractivity contribution in [3.63, 3.8) is 0 Å². The number of hydrogen-bond donors (Lipinski definition) is 2. The van der Waals surface area contributed by atoms with Gasteiger partial charge in [-0.1, -0.05) is 44.0 Å². The van der Waals surface area contributed by atoms with Gasteiger partial charge in [-0.3, -0.25) is 9.59 Å². The van der Waals surface area contributed by atoms with Crippen LogP contribution in [0.25, 0.3) is 0 Å². The third kappa shape index (κ3) is 2.68. The smallest absolute Gasteiger partial charge is 0.196 e. The second-order valence-electron chi connectivity index (χ2n) is 6.00. The Balaban J connectivity index is 2.07. The molecule has 0 radical (unpaired) electrons. The number of rotatable bonds is 6. The first-order valence-corrected chi connectivity index (χ1v) is 8.46. The molecular formula is C20H22N2O2. The minimum Gasteiger partial charge on any atom is -0.388 e. The summed E-state index contributed by atoms with van der Waals surface area (Å²) < 4.78 is 0. The van der Waals surface area contributed by atoms with E-state index in [2.05, 4.69) is 17.6 Å². The number of fused-ring (bicyclic) bond motifs is 2. The number of benzene rings is 2. The lowest BCUT2D eigenvalue weighted by atomic mass is 9.82. The van der Waals surface area contributed by atoms with Gasteiger partial charge in [0.1, 0.15) is 0 Å². The van der Waals surface area contributed by atoms with Crippen molar-refractivity contribution in [1.82, 2.24) is 0 Å². The van der Waals surface area contributed by atoms with Crippen LogP contribution in [0.1, 0.15) is 58.0 Å². The van der Waals surface area contributed by atoms with Crippen LogP contribution in [0.3, 0.4) is 0 Å². The maximum Gasteiger partial charge on any atom is 0.196 e. The standard InChI is InChI=1S/C20H22N2O2/c1-3-4-7-12-22-16-11-10-15(21-2)17-18(16)20(24)14-9-6-5-8-13(14)19(17)23/h5-6,8-11,21-22H,3-4,7,12H2,1-2H3. The Bertz CT molecular complexity index is 796.